The van der Waals surface area contributed by atoms with Crippen LogP contribution in [-0.4, -0.2) is 50.6 Å². The molecule has 0 unspecified atom stereocenters. The largest absolute Gasteiger partial charge is 0.496 e. The first-order valence-corrected chi connectivity index (χ1v) is 9.07. The molecule has 0 aromatic heterocycles. The lowest BCUT2D eigenvalue weighted by Gasteiger charge is -2.32. The number of ether oxygens (including phenoxy) is 1. The third-order valence-corrected chi connectivity index (χ3v) is 4.93. The summed E-state index contributed by atoms with van der Waals surface area (Å²) < 4.78 is 5.32. The molecule has 1 heterocycles. The van der Waals surface area contributed by atoms with E-state index in [0.29, 0.717) is 11.3 Å². The number of carbonyl (C=O) groups is 1. The van der Waals surface area contributed by atoms with Gasteiger partial charge in [-0.2, -0.15) is 0 Å². The molecule has 1 amide bonds. The lowest BCUT2D eigenvalue weighted by atomic mass is 10.1. The monoisotopic (exact) mass is 339 g/mol. The van der Waals surface area contributed by atoms with E-state index in [4.69, 9.17) is 4.74 Å². The van der Waals surface area contributed by atoms with Crippen LogP contribution in [0.1, 0.15) is 22.3 Å². The van der Waals surface area contributed by atoms with Gasteiger partial charge in [-0.3, -0.25) is 4.79 Å². The van der Waals surface area contributed by atoms with Gasteiger partial charge >= 0.3 is 0 Å². The second kappa shape index (κ2) is 8.67. The van der Waals surface area contributed by atoms with Gasteiger partial charge in [-0.25, -0.2) is 0 Å². The van der Waals surface area contributed by atoms with Gasteiger partial charge in [0.25, 0.3) is 5.91 Å². The summed E-state index contributed by atoms with van der Waals surface area (Å²) in [4.78, 5) is 16.3. The Kier molecular flexibility index (Phi) is 6.07. The number of carbonyl (C=O) groups excluding carboxylic acids is 1. The Morgan fingerprint density at radius 3 is 2.44 bits per heavy atom. The fourth-order valence-corrected chi connectivity index (χ4v) is 3.45. The number of hydrogen-bond acceptors (Lipinski definition) is 2. The number of quaternary nitrogens is 1. The number of piperazine rings is 1. The molecule has 1 fully saturated rings. The normalized spacial score (nSPS) is 15.2. The average molecular weight is 339 g/mol. The van der Waals surface area contributed by atoms with Crippen LogP contribution in [0.2, 0.25) is 0 Å². The van der Waals surface area contributed by atoms with Gasteiger partial charge in [0.2, 0.25) is 0 Å². The Bertz CT molecular complexity index is 679. The molecule has 0 bridgehead atoms. The van der Waals surface area contributed by atoms with Crippen molar-refractivity contribution >= 4 is 5.91 Å². The molecule has 25 heavy (non-hydrogen) atoms. The zero-order chi connectivity index (χ0) is 17.5. The van der Waals surface area contributed by atoms with E-state index in [0.717, 1.165) is 32.6 Å². The zero-order valence-corrected chi connectivity index (χ0v) is 14.9. The Labute approximate surface area is 150 Å². The van der Waals surface area contributed by atoms with Crippen LogP contribution in [-0.2, 0) is 6.42 Å². The maximum Gasteiger partial charge on any atom is 0.258 e. The molecule has 2 aromatic rings. The summed E-state index contributed by atoms with van der Waals surface area (Å²) in [6.07, 6.45) is 2.33. The second-order valence-corrected chi connectivity index (χ2v) is 6.58. The minimum Gasteiger partial charge on any atom is -0.496 e. The van der Waals surface area contributed by atoms with Crippen LogP contribution in [0.5, 0.6) is 5.75 Å². The lowest BCUT2D eigenvalue weighted by Crippen LogP contribution is -3.14. The lowest BCUT2D eigenvalue weighted by molar-refractivity contribution is -0.904. The van der Waals surface area contributed by atoms with Gasteiger partial charge in [-0.15, -0.1) is 0 Å². The summed E-state index contributed by atoms with van der Waals surface area (Å²) >= 11 is 0. The molecule has 0 atom stereocenters. The maximum atomic E-state index is 12.7. The Morgan fingerprint density at radius 2 is 1.72 bits per heavy atom. The number of amides is 1. The van der Waals surface area contributed by atoms with Crippen molar-refractivity contribution in [3.8, 4) is 5.75 Å². The SMILES string of the molecule is COc1ccccc1C(=O)N1CC[NH+](CCCc2ccccc2)CC1. The molecular weight excluding hydrogens is 312 g/mol. The van der Waals surface area contributed by atoms with Gasteiger partial charge in [-0.1, -0.05) is 42.5 Å². The van der Waals surface area contributed by atoms with E-state index >= 15 is 0 Å². The number of nitrogens with zero attached hydrogens (tertiary/aromatic N) is 1. The van der Waals surface area contributed by atoms with E-state index in [-0.39, 0.29) is 5.91 Å². The van der Waals surface area contributed by atoms with Crippen LogP contribution in [0.3, 0.4) is 0 Å². The quantitative estimate of drug-likeness (QED) is 0.869. The highest BCUT2D eigenvalue weighted by Gasteiger charge is 2.25. The molecule has 4 heteroatoms. The van der Waals surface area contributed by atoms with Crippen LogP contribution >= 0.6 is 0 Å². The van der Waals surface area contributed by atoms with Crippen LogP contribution in [0.25, 0.3) is 0 Å². The third kappa shape index (κ3) is 4.60. The van der Waals surface area contributed by atoms with Gasteiger partial charge in [0.1, 0.15) is 5.75 Å². The van der Waals surface area contributed by atoms with E-state index in [1.807, 2.05) is 29.2 Å². The van der Waals surface area contributed by atoms with Crippen molar-refractivity contribution in [2.45, 2.75) is 12.8 Å². The van der Waals surface area contributed by atoms with Gasteiger partial charge in [-0.05, 0) is 24.1 Å². The predicted octanol–water partition coefficient (Wildman–Crippen LogP) is 1.67. The number of nitrogens with one attached hydrogen (secondary N) is 1. The molecule has 1 aliphatic heterocycles. The predicted molar refractivity (Wildman–Crippen MR) is 99.2 cm³/mol. The highest BCUT2D eigenvalue weighted by atomic mass is 16.5. The molecule has 0 radical (unpaired) electrons. The van der Waals surface area contributed by atoms with Crippen LogP contribution < -0.4 is 9.64 Å². The van der Waals surface area contributed by atoms with E-state index in [2.05, 4.69) is 30.3 Å². The number of hydrogen-bond donors (Lipinski definition) is 1. The summed E-state index contributed by atoms with van der Waals surface area (Å²) in [5.74, 6) is 0.742. The second-order valence-electron chi connectivity index (χ2n) is 6.58. The maximum absolute atomic E-state index is 12.7. The van der Waals surface area contributed by atoms with E-state index in [1.54, 1.807) is 12.0 Å². The molecule has 2 aromatic carbocycles. The Morgan fingerprint density at radius 1 is 1.04 bits per heavy atom. The van der Waals surface area contributed by atoms with E-state index in [1.165, 1.54) is 18.5 Å². The first kappa shape index (κ1) is 17.5. The number of para-hydroxylation sites is 1. The van der Waals surface area contributed by atoms with Crippen molar-refractivity contribution < 1.29 is 14.4 Å². The molecule has 0 aliphatic carbocycles. The molecule has 0 spiro atoms. The molecule has 3 rings (SSSR count). The van der Waals surface area contributed by atoms with Crippen LogP contribution in [0.4, 0.5) is 0 Å². The molecule has 0 saturated carbocycles. The molecule has 1 saturated heterocycles. The Hall–Kier alpha value is -2.33. The van der Waals surface area contributed by atoms with Crippen molar-refractivity contribution in [1.29, 1.82) is 0 Å². The zero-order valence-electron chi connectivity index (χ0n) is 14.9. The first-order valence-electron chi connectivity index (χ1n) is 9.07. The first-order chi connectivity index (χ1) is 12.3. The van der Waals surface area contributed by atoms with E-state index in [9.17, 15) is 4.79 Å². The summed E-state index contributed by atoms with van der Waals surface area (Å²) in [5, 5.41) is 0. The minimum atomic E-state index is 0.0841. The van der Waals surface area contributed by atoms with Crippen molar-refractivity contribution in [3.63, 3.8) is 0 Å². The molecule has 1 aliphatic rings. The van der Waals surface area contributed by atoms with Crippen molar-refractivity contribution in [2.24, 2.45) is 0 Å². The standard InChI is InChI=1S/C21H26N2O2/c1-25-20-12-6-5-11-19(20)21(24)23-16-14-22(15-17-23)13-7-10-18-8-3-2-4-9-18/h2-6,8-9,11-12H,7,10,13-17H2,1H3/p+1. The number of rotatable bonds is 6. The summed E-state index contributed by atoms with van der Waals surface area (Å²) in [7, 11) is 1.61. The molecule has 1 N–H and O–H groups in total. The number of benzene rings is 2. The highest BCUT2D eigenvalue weighted by Crippen LogP contribution is 2.19. The summed E-state index contributed by atoms with van der Waals surface area (Å²) in [5.41, 5.74) is 2.07. The minimum absolute atomic E-state index is 0.0841. The van der Waals surface area contributed by atoms with Gasteiger partial charge in [0.15, 0.2) is 0 Å². The fraction of sp³-hybridized carbons (Fsp3) is 0.381. The van der Waals surface area contributed by atoms with Crippen LogP contribution in [0.15, 0.2) is 54.6 Å². The summed E-state index contributed by atoms with van der Waals surface area (Å²) in [6, 6.07) is 18.1. The molecule has 132 valence electrons. The highest BCUT2D eigenvalue weighted by molar-refractivity contribution is 5.97. The number of methoxy groups -OCH3 is 1. The molecular formula is C21H27N2O2+. The molecule has 4 nitrogen and oxygen atoms in total. The van der Waals surface area contributed by atoms with Gasteiger partial charge in [0, 0.05) is 6.42 Å². The summed E-state index contributed by atoms with van der Waals surface area (Å²) in [6.45, 7) is 4.85. The smallest absolute Gasteiger partial charge is 0.258 e. The van der Waals surface area contributed by atoms with Crippen molar-refractivity contribution in [2.75, 3.05) is 39.8 Å². The van der Waals surface area contributed by atoms with E-state index < -0.39 is 0 Å². The topological polar surface area (TPSA) is 34.0 Å². The van der Waals surface area contributed by atoms with Gasteiger partial charge < -0.3 is 14.5 Å². The van der Waals surface area contributed by atoms with Crippen molar-refractivity contribution in [3.05, 3.63) is 65.7 Å². The average Bonchev–Trinajstić information content (AvgIpc) is 2.69. The third-order valence-electron chi connectivity index (χ3n) is 4.93. The van der Waals surface area contributed by atoms with Crippen LogP contribution in [0, 0.1) is 0 Å². The van der Waals surface area contributed by atoms with Crippen molar-refractivity contribution in [1.82, 2.24) is 4.90 Å². The number of aryl methyl sites for hydroxylation is 1. The van der Waals surface area contributed by atoms with Gasteiger partial charge in [0.05, 0.1) is 45.4 Å². The fourth-order valence-electron chi connectivity index (χ4n) is 3.45. The Balaban J connectivity index is 1.46.